The van der Waals surface area contributed by atoms with Crippen LogP contribution in [0.2, 0.25) is 0 Å². The Kier molecular flexibility index (Phi) is 7.77. The van der Waals surface area contributed by atoms with Crippen molar-refractivity contribution in [3.05, 3.63) is 60.2 Å². The fourth-order valence-electron chi connectivity index (χ4n) is 4.68. The average Bonchev–Trinajstić information content (AvgIpc) is 2.85. The number of aromatic nitrogens is 1. The number of nitrogens with one attached hydrogen (secondary N) is 2. The molecular formula is C29H36N4O3. The van der Waals surface area contributed by atoms with E-state index in [9.17, 15) is 9.59 Å². The topological polar surface area (TPSA) is 106 Å². The fraction of sp³-hybridized carbons (Fsp3) is 0.414. The van der Waals surface area contributed by atoms with Crippen molar-refractivity contribution >= 4 is 28.6 Å². The van der Waals surface area contributed by atoms with E-state index in [1.54, 1.807) is 0 Å². The van der Waals surface area contributed by atoms with Crippen LogP contribution in [0.1, 0.15) is 56.8 Å². The third-order valence-electron chi connectivity index (χ3n) is 6.62. The molecule has 7 nitrogen and oxygen atoms in total. The van der Waals surface area contributed by atoms with Gasteiger partial charge in [-0.2, -0.15) is 0 Å². The molecule has 0 aliphatic heterocycles. The van der Waals surface area contributed by atoms with E-state index in [4.69, 9.17) is 15.5 Å². The molecule has 1 aliphatic carbocycles. The number of pyridine rings is 1. The molecule has 36 heavy (non-hydrogen) atoms. The Labute approximate surface area is 212 Å². The third-order valence-corrected chi connectivity index (χ3v) is 6.62. The molecular weight excluding hydrogens is 452 g/mol. The Morgan fingerprint density at radius 3 is 2.19 bits per heavy atom. The van der Waals surface area contributed by atoms with E-state index in [2.05, 4.69) is 10.6 Å². The number of nitrogens with two attached hydrogens (primary N) is 1. The summed E-state index contributed by atoms with van der Waals surface area (Å²) in [6, 6.07) is 17.1. The van der Waals surface area contributed by atoms with Crippen molar-refractivity contribution in [2.75, 3.05) is 18.8 Å². The minimum atomic E-state index is -0.490. The van der Waals surface area contributed by atoms with E-state index in [-0.39, 0.29) is 12.0 Å². The largest absolute Gasteiger partial charge is 0.444 e. The predicted molar refractivity (Wildman–Crippen MR) is 144 cm³/mol. The average molecular weight is 489 g/mol. The Hall–Kier alpha value is -3.61. The highest BCUT2D eigenvalue weighted by Gasteiger charge is 2.24. The maximum Gasteiger partial charge on any atom is 0.407 e. The molecule has 3 aromatic rings. The summed E-state index contributed by atoms with van der Waals surface area (Å²) in [6.45, 7) is 6.85. The van der Waals surface area contributed by atoms with Gasteiger partial charge < -0.3 is 21.1 Å². The number of fused-ring (bicyclic) bond motifs is 1. The van der Waals surface area contributed by atoms with Gasteiger partial charge in [0.25, 0.3) is 5.91 Å². The van der Waals surface area contributed by atoms with Gasteiger partial charge in [0.2, 0.25) is 0 Å². The molecule has 1 saturated carbocycles. The molecule has 2 amide bonds. The number of amides is 2. The number of nitrogen functional groups attached to an aromatic ring is 1. The number of rotatable bonds is 6. The van der Waals surface area contributed by atoms with Gasteiger partial charge in [-0.3, -0.25) is 4.79 Å². The van der Waals surface area contributed by atoms with Crippen LogP contribution in [-0.4, -0.2) is 35.7 Å². The van der Waals surface area contributed by atoms with Crippen LogP contribution in [0, 0.1) is 11.8 Å². The van der Waals surface area contributed by atoms with Gasteiger partial charge in [0.15, 0.2) is 0 Å². The molecule has 7 heteroatoms. The summed E-state index contributed by atoms with van der Waals surface area (Å²) >= 11 is 0. The number of nitrogens with zero attached hydrogens (tertiary/aromatic N) is 1. The summed E-state index contributed by atoms with van der Waals surface area (Å²) in [6.07, 6.45) is 3.73. The second kappa shape index (κ2) is 11.0. The van der Waals surface area contributed by atoms with Crippen LogP contribution in [0.5, 0.6) is 0 Å². The number of carbonyl (C=O) groups is 2. The lowest BCUT2D eigenvalue weighted by Crippen LogP contribution is -2.37. The van der Waals surface area contributed by atoms with Gasteiger partial charge in [-0.15, -0.1) is 0 Å². The molecule has 4 N–H and O–H groups in total. The van der Waals surface area contributed by atoms with Crippen LogP contribution in [-0.2, 0) is 4.74 Å². The lowest BCUT2D eigenvalue weighted by Gasteiger charge is -2.29. The number of alkyl carbamates (subject to hydrolysis) is 1. The molecule has 1 aromatic heterocycles. The van der Waals surface area contributed by atoms with E-state index in [0.29, 0.717) is 36.2 Å². The van der Waals surface area contributed by atoms with Crippen molar-refractivity contribution in [1.82, 2.24) is 15.6 Å². The summed E-state index contributed by atoms with van der Waals surface area (Å²) < 4.78 is 5.32. The van der Waals surface area contributed by atoms with Crippen LogP contribution in [0.15, 0.2) is 54.6 Å². The number of hydrogen-bond donors (Lipinski definition) is 3. The van der Waals surface area contributed by atoms with Gasteiger partial charge in [0, 0.05) is 29.7 Å². The van der Waals surface area contributed by atoms with Crippen molar-refractivity contribution in [2.45, 2.75) is 52.1 Å². The Morgan fingerprint density at radius 1 is 0.944 bits per heavy atom. The monoisotopic (exact) mass is 488 g/mol. The van der Waals surface area contributed by atoms with Crippen LogP contribution in [0.4, 0.5) is 10.5 Å². The van der Waals surface area contributed by atoms with Gasteiger partial charge >= 0.3 is 6.09 Å². The second-order valence-electron chi connectivity index (χ2n) is 10.7. The number of carbonyl (C=O) groups excluding carboxylic acids is 2. The summed E-state index contributed by atoms with van der Waals surface area (Å²) in [5, 5.41) is 6.89. The Balaban J connectivity index is 1.35. The minimum Gasteiger partial charge on any atom is -0.444 e. The molecule has 0 saturated heterocycles. The lowest BCUT2D eigenvalue weighted by atomic mass is 9.82. The SMILES string of the molecule is CC(C)(C)OC(=O)NC[C@H]1CC[C@H](CNC(=O)c2cc(-c3ccc(N)cc3)nc3ccccc23)CC1. The first kappa shape index (κ1) is 25.5. The van der Waals surface area contributed by atoms with Crippen molar-refractivity contribution in [1.29, 1.82) is 0 Å². The van der Waals surface area contributed by atoms with Gasteiger partial charge in [0.1, 0.15) is 5.60 Å². The Morgan fingerprint density at radius 2 is 1.56 bits per heavy atom. The summed E-state index contributed by atoms with van der Waals surface area (Å²) in [4.78, 5) is 30.0. The van der Waals surface area contributed by atoms with Crippen LogP contribution < -0.4 is 16.4 Å². The van der Waals surface area contributed by atoms with E-state index in [1.165, 1.54) is 0 Å². The number of ether oxygens (including phenoxy) is 1. The van der Waals surface area contributed by atoms with Crippen molar-refractivity contribution in [3.8, 4) is 11.3 Å². The zero-order chi connectivity index (χ0) is 25.7. The zero-order valence-electron chi connectivity index (χ0n) is 21.3. The van der Waals surface area contributed by atoms with Gasteiger partial charge in [-0.25, -0.2) is 9.78 Å². The van der Waals surface area contributed by atoms with Gasteiger partial charge in [-0.1, -0.05) is 30.3 Å². The molecule has 0 unspecified atom stereocenters. The standard InChI is InChI=1S/C29H36N4O3/c1-29(2,3)36-28(35)32-18-20-10-8-19(9-11-20)17-31-27(34)24-16-26(21-12-14-22(30)15-13-21)33-25-7-5-4-6-23(24)25/h4-7,12-16,19-20H,8-11,17-18,30H2,1-3H3,(H,31,34)(H,32,35)/t19-,20-. The highest BCUT2D eigenvalue weighted by atomic mass is 16.6. The molecule has 190 valence electrons. The smallest absolute Gasteiger partial charge is 0.407 e. The number of anilines is 1. The summed E-state index contributed by atoms with van der Waals surface area (Å²) in [7, 11) is 0. The molecule has 1 heterocycles. The predicted octanol–water partition coefficient (Wildman–Crippen LogP) is 5.54. The first-order valence-electron chi connectivity index (χ1n) is 12.7. The van der Waals surface area contributed by atoms with Crippen molar-refractivity contribution in [2.24, 2.45) is 11.8 Å². The van der Waals surface area contributed by atoms with Crippen LogP contribution in [0.25, 0.3) is 22.2 Å². The number of benzene rings is 2. The van der Waals surface area contributed by atoms with E-state index < -0.39 is 5.60 Å². The molecule has 2 aromatic carbocycles. The molecule has 0 spiro atoms. The zero-order valence-corrected chi connectivity index (χ0v) is 21.3. The van der Waals surface area contributed by atoms with Crippen LogP contribution in [0.3, 0.4) is 0 Å². The van der Waals surface area contributed by atoms with E-state index in [1.807, 2.05) is 75.4 Å². The lowest BCUT2D eigenvalue weighted by molar-refractivity contribution is 0.0512. The molecule has 0 bridgehead atoms. The fourth-order valence-corrected chi connectivity index (χ4v) is 4.68. The van der Waals surface area contributed by atoms with E-state index >= 15 is 0 Å². The maximum absolute atomic E-state index is 13.3. The normalized spacial score (nSPS) is 18.0. The van der Waals surface area contributed by atoms with Crippen LogP contribution >= 0.6 is 0 Å². The van der Waals surface area contributed by atoms with Gasteiger partial charge in [0.05, 0.1) is 16.8 Å². The van der Waals surface area contributed by atoms with E-state index in [0.717, 1.165) is 47.8 Å². The second-order valence-corrected chi connectivity index (χ2v) is 10.7. The maximum atomic E-state index is 13.3. The minimum absolute atomic E-state index is 0.0842. The number of para-hydroxylation sites is 1. The summed E-state index contributed by atoms with van der Waals surface area (Å²) in [5.74, 6) is 0.784. The molecule has 1 aliphatic rings. The first-order chi connectivity index (χ1) is 17.2. The van der Waals surface area contributed by atoms with Crippen molar-refractivity contribution < 1.29 is 14.3 Å². The first-order valence-corrected chi connectivity index (χ1v) is 12.7. The highest BCUT2D eigenvalue weighted by molar-refractivity contribution is 6.07. The molecule has 0 atom stereocenters. The molecule has 1 fully saturated rings. The summed E-state index contributed by atoms with van der Waals surface area (Å²) in [5.41, 5.74) is 9.11. The van der Waals surface area contributed by atoms with Crippen molar-refractivity contribution in [3.63, 3.8) is 0 Å². The molecule has 4 rings (SSSR count). The number of hydrogen-bond acceptors (Lipinski definition) is 5. The quantitative estimate of drug-likeness (QED) is 0.395. The third kappa shape index (κ3) is 6.74. The highest BCUT2D eigenvalue weighted by Crippen LogP contribution is 2.29. The van der Waals surface area contributed by atoms with Gasteiger partial charge in [-0.05, 0) is 82.6 Å². The molecule has 0 radical (unpaired) electrons. The Bertz CT molecular complexity index is 1210.